The van der Waals surface area contributed by atoms with Crippen molar-refractivity contribution in [3.8, 4) is 5.75 Å². The Morgan fingerprint density at radius 2 is 2.04 bits per heavy atom. The van der Waals surface area contributed by atoms with Crippen LogP contribution in [0.1, 0.15) is 32.9 Å². The molecule has 0 spiro atoms. The summed E-state index contributed by atoms with van der Waals surface area (Å²) in [4.78, 5) is 46.5. The number of carbonyl (C=O) groups excluding carboxylic acids is 3. The summed E-state index contributed by atoms with van der Waals surface area (Å²) in [5, 5.41) is 15.1. The number of ketones is 1. The predicted octanol–water partition coefficient (Wildman–Crippen LogP) is 2.60. The van der Waals surface area contributed by atoms with Crippen molar-refractivity contribution in [2.24, 2.45) is 0 Å². The topological polar surface area (TPSA) is 125 Å². The first-order chi connectivity index (χ1) is 13.4. The highest BCUT2D eigenvalue weighted by atomic mass is 32.1. The third-order valence-electron chi connectivity index (χ3n) is 3.64. The molecule has 0 radical (unpaired) electrons. The lowest BCUT2D eigenvalue weighted by molar-refractivity contribution is -0.385. The first-order valence-corrected chi connectivity index (χ1v) is 9.13. The summed E-state index contributed by atoms with van der Waals surface area (Å²) in [6, 6.07) is 7.24. The number of hydrogen-bond acceptors (Lipinski definition) is 8. The normalized spacial score (nSPS) is 10.2. The minimum atomic E-state index is -0.667. The molecule has 1 aromatic carbocycles. The molecule has 1 aromatic heterocycles. The Morgan fingerprint density at radius 1 is 1.25 bits per heavy atom. The largest absolute Gasteiger partial charge is 0.490 e. The summed E-state index contributed by atoms with van der Waals surface area (Å²) in [5.74, 6) is -1.31. The lowest BCUT2D eigenvalue weighted by Crippen LogP contribution is -2.30. The molecule has 9 nitrogen and oxygen atoms in total. The van der Waals surface area contributed by atoms with E-state index in [1.165, 1.54) is 30.6 Å². The number of thiophene rings is 1. The number of esters is 1. The van der Waals surface area contributed by atoms with Gasteiger partial charge in [0.25, 0.3) is 5.91 Å². The molecule has 0 fully saturated rings. The summed E-state index contributed by atoms with van der Waals surface area (Å²) in [6.07, 6.45) is 0.636. The molecule has 0 saturated heterocycles. The third-order valence-corrected chi connectivity index (χ3v) is 4.55. The fourth-order valence-electron chi connectivity index (χ4n) is 2.26. The second-order valence-corrected chi connectivity index (χ2v) is 6.50. The van der Waals surface area contributed by atoms with Crippen LogP contribution in [0, 0.1) is 10.1 Å². The Bertz CT molecular complexity index is 865. The molecule has 1 amide bonds. The van der Waals surface area contributed by atoms with Gasteiger partial charge in [0.15, 0.2) is 11.5 Å². The summed E-state index contributed by atoms with van der Waals surface area (Å²) in [5.41, 5.74) is -0.338. The van der Waals surface area contributed by atoms with E-state index in [-0.39, 0.29) is 35.8 Å². The van der Waals surface area contributed by atoms with Gasteiger partial charge in [-0.25, -0.2) is 0 Å². The van der Waals surface area contributed by atoms with Crippen molar-refractivity contribution in [1.82, 2.24) is 5.32 Å². The van der Waals surface area contributed by atoms with E-state index in [1.807, 2.05) is 5.38 Å². The average Bonchev–Trinajstić information content (AvgIpc) is 3.23. The van der Waals surface area contributed by atoms with Crippen LogP contribution in [0.15, 0.2) is 35.7 Å². The maximum Gasteiger partial charge on any atom is 0.325 e. The van der Waals surface area contributed by atoms with Gasteiger partial charge in [0, 0.05) is 18.1 Å². The smallest absolute Gasteiger partial charge is 0.325 e. The molecule has 0 saturated carbocycles. The maximum atomic E-state index is 12.0. The van der Waals surface area contributed by atoms with Crippen molar-refractivity contribution < 1.29 is 28.8 Å². The number of benzene rings is 1. The number of methoxy groups -OCH3 is 1. The van der Waals surface area contributed by atoms with Crippen LogP contribution in [-0.2, 0) is 9.53 Å². The second-order valence-electron chi connectivity index (χ2n) is 5.55. The molecule has 1 N–H and O–H groups in total. The van der Waals surface area contributed by atoms with Gasteiger partial charge in [0.05, 0.1) is 23.5 Å². The van der Waals surface area contributed by atoms with Crippen molar-refractivity contribution in [2.45, 2.75) is 12.8 Å². The Hall–Kier alpha value is -3.27. The zero-order chi connectivity index (χ0) is 20.5. The van der Waals surface area contributed by atoms with Crippen LogP contribution in [0.3, 0.4) is 0 Å². The Kier molecular flexibility index (Phi) is 7.64. The number of nitro benzene ring substituents is 1. The molecule has 0 aliphatic heterocycles. The van der Waals surface area contributed by atoms with Crippen molar-refractivity contribution >= 4 is 34.7 Å². The van der Waals surface area contributed by atoms with Gasteiger partial charge in [-0.15, -0.1) is 11.3 Å². The van der Waals surface area contributed by atoms with Crippen molar-refractivity contribution in [1.29, 1.82) is 0 Å². The number of rotatable bonds is 10. The van der Waals surface area contributed by atoms with Crippen LogP contribution in [0.5, 0.6) is 5.75 Å². The Balaban J connectivity index is 1.75. The molecule has 0 aliphatic rings. The van der Waals surface area contributed by atoms with E-state index in [0.717, 1.165) is 6.07 Å². The van der Waals surface area contributed by atoms with E-state index < -0.39 is 23.3 Å². The molecule has 2 aromatic rings. The van der Waals surface area contributed by atoms with Crippen LogP contribution in [0.25, 0.3) is 0 Å². The predicted molar refractivity (Wildman–Crippen MR) is 101 cm³/mol. The number of ether oxygens (including phenoxy) is 2. The molecule has 28 heavy (non-hydrogen) atoms. The SMILES string of the molecule is COc1ccc(C(=O)NCC(=O)OCCCC(=O)c2cccs2)cc1[N+](=O)[O-]. The fourth-order valence-corrected chi connectivity index (χ4v) is 2.95. The highest BCUT2D eigenvalue weighted by molar-refractivity contribution is 7.12. The first-order valence-electron chi connectivity index (χ1n) is 8.25. The zero-order valence-corrected chi connectivity index (χ0v) is 15.8. The molecule has 10 heteroatoms. The Labute approximate surface area is 164 Å². The second kappa shape index (κ2) is 10.2. The fraction of sp³-hybridized carbons (Fsp3) is 0.278. The summed E-state index contributed by atoms with van der Waals surface area (Å²) < 4.78 is 9.83. The molecule has 0 unspecified atom stereocenters. The lowest BCUT2D eigenvalue weighted by atomic mass is 10.1. The number of hydrogen-bond donors (Lipinski definition) is 1. The minimum absolute atomic E-state index is 0.0135. The van der Waals surface area contributed by atoms with Crippen LogP contribution in [0.4, 0.5) is 5.69 Å². The lowest BCUT2D eigenvalue weighted by Gasteiger charge is -2.07. The van der Waals surface area contributed by atoms with Crippen LogP contribution >= 0.6 is 11.3 Å². The van der Waals surface area contributed by atoms with Gasteiger partial charge < -0.3 is 14.8 Å². The Morgan fingerprint density at radius 3 is 2.68 bits per heavy atom. The highest BCUT2D eigenvalue weighted by Gasteiger charge is 2.18. The van der Waals surface area contributed by atoms with Gasteiger partial charge in [-0.1, -0.05) is 6.07 Å². The van der Waals surface area contributed by atoms with Crippen molar-refractivity contribution in [3.05, 3.63) is 56.3 Å². The van der Waals surface area contributed by atoms with E-state index in [2.05, 4.69) is 5.32 Å². The van der Waals surface area contributed by atoms with Gasteiger partial charge in [-0.3, -0.25) is 24.5 Å². The summed E-state index contributed by atoms with van der Waals surface area (Å²) >= 11 is 1.35. The van der Waals surface area contributed by atoms with Gasteiger partial charge in [0.2, 0.25) is 0 Å². The molecular formula is C18H18N2O7S. The van der Waals surface area contributed by atoms with Gasteiger partial charge in [0.1, 0.15) is 6.54 Å². The number of nitrogens with one attached hydrogen (secondary N) is 1. The monoisotopic (exact) mass is 406 g/mol. The maximum absolute atomic E-state index is 12.0. The van der Waals surface area contributed by atoms with E-state index >= 15 is 0 Å². The first kappa shape index (κ1) is 21.0. The third kappa shape index (κ3) is 5.88. The van der Waals surface area contributed by atoms with E-state index in [9.17, 15) is 24.5 Å². The van der Waals surface area contributed by atoms with E-state index in [0.29, 0.717) is 11.3 Å². The minimum Gasteiger partial charge on any atom is -0.490 e. The number of amides is 1. The highest BCUT2D eigenvalue weighted by Crippen LogP contribution is 2.27. The molecule has 148 valence electrons. The quantitative estimate of drug-likeness (QED) is 0.211. The van der Waals surface area contributed by atoms with Crippen LogP contribution < -0.4 is 10.1 Å². The van der Waals surface area contributed by atoms with Crippen LogP contribution in [0.2, 0.25) is 0 Å². The molecule has 0 aliphatic carbocycles. The van der Waals surface area contributed by atoms with Crippen molar-refractivity contribution in [3.63, 3.8) is 0 Å². The van der Waals surface area contributed by atoms with Crippen molar-refractivity contribution in [2.75, 3.05) is 20.3 Å². The molecule has 0 bridgehead atoms. The number of Topliss-reactive ketones (excluding diaryl/α,β-unsaturated/α-hetero) is 1. The molecule has 0 atom stereocenters. The molecule has 1 heterocycles. The van der Waals surface area contributed by atoms with E-state index in [4.69, 9.17) is 9.47 Å². The number of nitrogens with zero attached hydrogens (tertiary/aromatic N) is 1. The van der Waals surface area contributed by atoms with Gasteiger partial charge in [-0.2, -0.15) is 0 Å². The summed E-state index contributed by atoms with van der Waals surface area (Å²) in [6.45, 7) is -0.336. The summed E-state index contributed by atoms with van der Waals surface area (Å²) in [7, 11) is 1.28. The van der Waals surface area contributed by atoms with E-state index in [1.54, 1.807) is 12.1 Å². The number of carbonyl (C=O) groups is 3. The average molecular weight is 406 g/mol. The number of nitro groups is 1. The van der Waals surface area contributed by atoms with Gasteiger partial charge in [-0.05, 0) is 30.0 Å². The molecule has 2 rings (SSSR count). The zero-order valence-electron chi connectivity index (χ0n) is 15.0. The van der Waals surface area contributed by atoms with Crippen LogP contribution in [-0.4, -0.2) is 42.8 Å². The standard InChI is InChI=1S/C18H18N2O7S/c1-26-15-7-6-12(10-13(15)20(24)25)18(23)19-11-17(22)27-8-2-4-14(21)16-5-3-9-28-16/h3,5-7,9-10H,2,4,8,11H2,1H3,(H,19,23). The molecular weight excluding hydrogens is 388 g/mol. The van der Waals surface area contributed by atoms with Gasteiger partial charge >= 0.3 is 11.7 Å².